The molecule has 12 heteroatoms. The minimum absolute atomic E-state index is 0.0849. The molecule has 0 radical (unpaired) electrons. The summed E-state index contributed by atoms with van der Waals surface area (Å²) < 4.78 is 5.29. The highest BCUT2D eigenvalue weighted by molar-refractivity contribution is 8.03. The van der Waals surface area contributed by atoms with E-state index in [9.17, 15) is 29.3 Å². The van der Waals surface area contributed by atoms with Crippen molar-refractivity contribution in [2.24, 2.45) is 0 Å². The predicted octanol–water partition coefficient (Wildman–Crippen LogP) is 1.79. The number of hydrogen-bond acceptors (Lipinski definition) is 9. The number of nitrogens with zero attached hydrogens (tertiary/aromatic N) is 2. The maximum Gasteiger partial charge on any atom is 0.334 e. The zero-order valence-corrected chi connectivity index (χ0v) is 18.5. The van der Waals surface area contributed by atoms with E-state index in [2.05, 4.69) is 5.32 Å². The molecular formula is C21H17N3O7S2. The number of nitro groups is 1. The number of amides is 2. The number of hydrogen-bond donors (Lipinski definition) is 1. The lowest BCUT2D eigenvalue weighted by molar-refractivity contribution is -0.384. The Morgan fingerprint density at radius 2 is 2.00 bits per heavy atom. The van der Waals surface area contributed by atoms with E-state index in [1.807, 2.05) is 17.5 Å². The summed E-state index contributed by atoms with van der Waals surface area (Å²) in [6.45, 7) is -0.180. The average molecular weight is 488 g/mol. The van der Waals surface area contributed by atoms with Crippen molar-refractivity contribution in [3.05, 3.63) is 73.3 Å². The summed E-state index contributed by atoms with van der Waals surface area (Å²) in [5.74, 6) is -1.58. The van der Waals surface area contributed by atoms with Crippen LogP contribution in [-0.4, -0.2) is 51.4 Å². The Morgan fingerprint density at radius 3 is 2.64 bits per heavy atom. The monoisotopic (exact) mass is 487 g/mol. The summed E-state index contributed by atoms with van der Waals surface area (Å²) in [4.78, 5) is 61.7. The van der Waals surface area contributed by atoms with Gasteiger partial charge in [-0.2, -0.15) is 0 Å². The van der Waals surface area contributed by atoms with Crippen LogP contribution in [0.25, 0.3) is 0 Å². The molecule has 1 fully saturated rings. The minimum atomic E-state index is -1.22. The molecule has 2 aliphatic rings. The van der Waals surface area contributed by atoms with Crippen molar-refractivity contribution in [2.45, 2.75) is 30.5 Å². The van der Waals surface area contributed by atoms with Crippen molar-refractivity contribution in [1.29, 1.82) is 0 Å². The number of non-ortho nitro benzene ring substituents is 1. The summed E-state index contributed by atoms with van der Waals surface area (Å²) >= 11 is 2.61. The molecule has 4 rings (SSSR count). The number of nitrogens with one attached hydrogen (secondary N) is 1. The molecule has 2 aromatic rings. The first-order chi connectivity index (χ1) is 15.9. The topological polar surface area (TPSA) is 136 Å². The molecule has 3 atom stereocenters. The number of carbonyl (C=O) groups excluding carboxylic acids is 4. The van der Waals surface area contributed by atoms with Crippen molar-refractivity contribution >= 4 is 52.9 Å². The second-order valence-corrected chi connectivity index (χ2v) is 9.27. The summed E-state index contributed by atoms with van der Waals surface area (Å²) in [6, 6.07) is 7.11. The van der Waals surface area contributed by atoms with Gasteiger partial charge in [-0.3, -0.25) is 24.5 Å². The van der Waals surface area contributed by atoms with Gasteiger partial charge in [-0.25, -0.2) is 4.79 Å². The first-order valence-corrected chi connectivity index (χ1v) is 11.6. The molecule has 0 bridgehead atoms. The molecule has 0 aliphatic carbocycles. The van der Waals surface area contributed by atoms with Crippen LogP contribution in [0.4, 0.5) is 5.69 Å². The zero-order valence-electron chi connectivity index (χ0n) is 16.9. The van der Waals surface area contributed by atoms with Gasteiger partial charge in [0.15, 0.2) is 6.04 Å². The molecule has 10 nitrogen and oxygen atoms in total. The molecule has 1 aromatic heterocycles. The molecule has 0 saturated carbocycles. The number of esters is 1. The molecule has 2 amide bonds. The number of thiophene rings is 1. The molecule has 33 heavy (non-hydrogen) atoms. The van der Waals surface area contributed by atoms with Gasteiger partial charge in [0, 0.05) is 22.6 Å². The largest absolute Gasteiger partial charge is 0.459 e. The van der Waals surface area contributed by atoms with Crippen LogP contribution in [0.2, 0.25) is 0 Å². The molecule has 3 heterocycles. The summed E-state index contributed by atoms with van der Waals surface area (Å²) in [6.07, 6.45) is 0.645. The lowest BCUT2D eigenvalue weighted by atomic mass is 9.98. The zero-order chi connectivity index (χ0) is 23.5. The van der Waals surface area contributed by atoms with Gasteiger partial charge >= 0.3 is 5.97 Å². The second kappa shape index (κ2) is 9.55. The molecule has 1 aromatic carbocycles. The van der Waals surface area contributed by atoms with Gasteiger partial charge in [0.2, 0.25) is 11.8 Å². The smallest absolute Gasteiger partial charge is 0.334 e. The van der Waals surface area contributed by atoms with Gasteiger partial charge in [-0.1, -0.05) is 6.07 Å². The number of fused-ring (bicyclic) bond motifs is 1. The van der Waals surface area contributed by atoms with Crippen LogP contribution >= 0.6 is 23.1 Å². The van der Waals surface area contributed by atoms with E-state index in [4.69, 9.17) is 4.74 Å². The highest BCUT2D eigenvalue weighted by Crippen LogP contribution is 2.40. The third-order valence-electron chi connectivity index (χ3n) is 5.14. The van der Waals surface area contributed by atoms with Crippen molar-refractivity contribution in [1.82, 2.24) is 10.2 Å². The van der Waals surface area contributed by atoms with Crippen molar-refractivity contribution in [3.8, 4) is 0 Å². The van der Waals surface area contributed by atoms with Crippen LogP contribution in [0.1, 0.15) is 10.4 Å². The summed E-state index contributed by atoms with van der Waals surface area (Å²) in [7, 11) is 0. The molecule has 2 aliphatic heterocycles. The van der Waals surface area contributed by atoms with Crippen LogP contribution in [0.3, 0.4) is 0 Å². The Bertz CT molecular complexity index is 1130. The van der Waals surface area contributed by atoms with Crippen molar-refractivity contribution in [2.75, 3.05) is 0 Å². The number of benzene rings is 1. The number of aldehydes is 1. The Labute approximate surface area is 195 Å². The molecular weight excluding hydrogens is 470 g/mol. The van der Waals surface area contributed by atoms with E-state index in [1.165, 1.54) is 57.7 Å². The molecule has 2 unspecified atom stereocenters. The standard InChI is InChI=1S/C21H17N3O7S2/c25-9-13-11-33-20-17(22-16(26)8-15-2-1-7-32-15)19(27)23(20)18(13)21(28)31-10-12-3-5-14(6-4-12)24(29)30/h1-7,9,11,17-18,20H,8,10H2,(H,22,26)/t17?,18?,20-/m0/s1. The Hall–Kier alpha value is -3.51. The highest BCUT2D eigenvalue weighted by Gasteiger charge is 2.56. The van der Waals surface area contributed by atoms with E-state index in [-0.39, 0.29) is 30.2 Å². The highest BCUT2D eigenvalue weighted by atomic mass is 32.2. The van der Waals surface area contributed by atoms with Crippen LogP contribution in [0.5, 0.6) is 0 Å². The van der Waals surface area contributed by atoms with Gasteiger partial charge in [0.1, 0.15) is 24.3 Å². The second-order valence-electron chi connectivity index (χ2n) is 7.24. The fraction of sp³-hybridized carbons (Fsp3) is 0.238. The Morgan fingerprint density at radius 1 is 1.24 bits per heavy atom. The summed E-state index contributed by atoms with van der Waals surface area (Å²) in [5, 5.41) is 16.3. The number of β-lactam (4-membered cyclic amide) rings is 1. The number of ether oxygens (including phenoxy) is 1. The van der Waals surface area contributed by atoms with E-state index in [1.54, 1.807) is 0 Å². The number of nitro benzene ring substituents is 1. The fourth-order valence-electron chi connectivity index (χ4n) is 3.50. The van der Waals surface area contributed by atoms with Crippen LogP contribution in [0.15, 0.2) is 52.8 Å². The predicted molar refractivity (Wildman–Crippen MR) is 119 cm³/mol. The van der Waals surface area contributed by atoms with Crippen LogP contribution < -0.4 is 5.32 Å². The van der Waals surface area contributed by atoms with Gasteiger partial charge in [0.25, 0.3) is 5.69 Å². The Kier molecular flexibility index (Phi) is 6.56. The van der Waals surface area contributed by atoms with E-state index < -0.39 is 34.3 Å². The fourth-order valence-corrected chi connectivity index (χ4v) is 5.38. The Balaban J connectivity index is 1.40. The lowest BCUT2D eigenvalue weighted by Crippen LogP contribution is -2.74. The van der Waals surface area contributed by atoms with Gasteiger partial charge < -0.3 is 15.0 Å². The molecule has 0 spiro atoms. The third-order valence-corrected chi connectivity index (χ3v) is 7.20. The minimum Gasteiger partial charge on any atom is -0.459 e. The number of thioether (sulfide) groups is 1. The molecule has 1 N–H and O–H groups in total. The van der Waals surface area contributed by atoms with Gasteiger partial charge in [-0.05, 0) is 34.6 Å². The first kappa shape index (κ1) is 22.7. The maximum atomic E-state index is 12.8. The van der Waals surface area contributed by atoms with Crippen molar-refractivity contribution in [3.63, 3.8) is 0 Å². The number of rotatable bonds is 8. The SMILES string of the molecule is O=CC1=CS[C@H]2C(NC(=O)Cc3cccs3)C(=O)N2C1C(=O)OCc1ccc([N+](=O)[O-])cc1. The van der Waals surface area contributed by atoms with Gasteiger partial charge in [-0.15, -0.1) is 23.1 Å². The molecule has 1 saturated heterocycles. The maximum absolute atomic E-state index is 12.8. The van der Waals surface area contributed by atoms with Crippen LogP contribution in [-0.2, 0) is 36.9 Å². The first-order valence-electron chi connectivity index (χ1n) is 9.73. The van der Waals surface area contributed by atoms with E-state index in [0.717, 1.165) is 4.88 Å². The molecule has 170 valence electrons. The van der Waals surface area contributed by atoms with Crippen LogP contribution in [0, 0.1) is 10.1 Å². The lowest BCUT2D eigenvalue weighted by Gasteiger charge is -2.51. The average Bonchev–Trinajstić information content (AvgIpc) is 3.33. The normalized spacial score (nSPS) is 21.3. The van der Waals surface area contributed by atoms with E-state index >= 15 is 0 Å². The summed E-state index contributed by atoms with van der Waals surface area (Å²) in [5.41, 5.74) is 0.504. The van der Waals surface area contributed by atoms with Crippen molar-refractivity contribution < 1.29 is 28.8 Å². The quantitative estimate of drug-likeness (QED) is 0.196. The number of carbonyl (C=O) groups is 4. The van der Waals surface area contributed by atoms with Gasteiger partial charge in [0.05, 0.1) is 11.3 Å². The third kappa shape index (κ3) is 4.66. The van der Waals surface area contributed by atoms with E-state index in [0.29, 0.717) is 11.8 Å².